The van der Waals surface area contributed by atoms with E-state index in [1.54, 1.807) is 43.2 Å². The van der Waals surface area contributed by atoms with Gasteiger partial charge in [-0.25, -0.2) is 8.42 Å². The van der Waals surface area contributed by atoms with E-state index >= 15 is 0 Å². The molecule has 1 N–H and O–H groups in total. The molecular formula is C27H36BrN3O5S. The first-order valence-corrected chi connectivity index (χ1v) is 15.2. The molecule has 1 aliphatic carbocycles. The van der Waals surface area contributed by atoms with E-state index in [4.69, 9.17) is 4.74 Å². The van der Waals surface area contributed by atoms with E-state index < -0.39 is 16.1 Å². The van der Waals surface area contributed by atoms with Gasteiger partial charge in [-0.1, -0.05) is 40.9 Å². The number of methoxy groups -OCH3 is 1. The molecule has 8 nitrogen and oxygen atoms in total. The molecule has 202 valence electrons. The topological polar surface area (TPSA) is 96.0 Å². The van der Waals surface area contributed by atoms with Crippen molar-refractivity contribution in [3.63, 3.8) is 0 Å². The van der Waals surface area contributed by atoms with Gasteiger partial charge in [-0.15, -0.1) is 0 Å². The summed E-state index contributed by atoms with van der Waals surface area (Å²) in [6, 6.07) is 13.9. The van der Waals surface area contributed by atoms with Crippen molar-refractivity contribution in [3.8, 4) is 5.75 Å². The molecule has 1 aliphatic rings. The van der Waals surface area contributed by atoms with Crippen molar-refractivity contribution in [2.24, 2.45) is 0 Å². The van der Waals surface area contributed by atoms with Gasteiger partial charge >= 0.3 is 0 Å². The maximum Gasteiger partial charge on any atom is 0.242 e. The summed E-state index contributed by atoms with van der Waals surface area (Å²) in [5.41, 5.74) is 1.41. The van der Waals surface area contributed by atoms with Gasteiger partial charge in [0.1, 0.15) is 11.8 Å². The Hall–Kier alpha value is -2.59. The second kappa shape index (κ2) is 13.3. The molecule has 2 aromatic rings. The van der Waals surface area contributed by atoms with Crippen molar-refractivity contribution in [1.29, 1.82) is 0 Å². The van der Waals surface area contributed by atoms with E-state index in [0.29, 0.717) is 17.9 Å². The zero-order valence-electron chi connectivity index (χ0n) is 21.7. The molecule has 1 fully saturated rings. The average molecular weight is 595 g/mol. The van der Waals surface area contributed by atoms with Gasteiger partial charge in [-0.05, 0) is 68.1 Å². The lowest BCUT2D eigenvalue weighted by molar-refractivity contribution is -0.141. The van der Waals surface area contributed by atoms with E-state index in [0.717, 1.165) is 42.0 Å². The largest absolute Gasteiger partial charge is 0.497 e. The minimum absolute atomic E-state index is 0.108. The highest BCUT2D eigenvalue weighted by Gasteiger charge is 2.28. The number of anilines is 1. The SMILES string of the molecule is COc1ccc(N(CCCC(=O)N(Cc2cccc(Br)c2)C(C)C(=O)NC2CCCC2)S(C)(=O)=O)cc1. The maximum absolute atomic E-state index is 13.4. The van der Waals surface area contributed by atoms with Crippen molar-refractivity contribution in [1.82, 2.24) is 10.2 Å². The van der Waals surface area contributed by atoms with Crippen LogP contribution < -0.4 is 14.4 Å². The first-order valence-electron chi connectivity index (χ1n) is 12.5. The van der Waals surface area contributed by atoms with E-state index in [-0.39, 0.29) is 37.4 Å². The van der Waals surface area contributed by atoms with Crippen LogP contribution in [0.5, 0.6) is 5.75 Å². The summed E-state index contributed by atoms with van der Waals surface area (Å²) in [6.45, 7) is 2.18. The van der Waals surface area contributed by atoms with Crippen molar-refractivity contribution < 1.29 is 22.7 Å². The molecule has 1 unspecified atom stereocenters. The number of ether oxygens (including phenoxy) is 1. The van der Waals surface area contributed by atoms with Crippen molar-refractivity contribution >= 4 is 43.5 Å². The average Bonchev–Trinajstić information content (AvgIpc) is 3.37. The Kier molecular flexibility index (Phi) is 10.4. The molecule has 0 aliphatic heterocycles. The molecule has 0 bridgehead atoms. The van der Waals surface area contributed by atoms with Crippen LogP contribution in [-0.4, -0.2) is 57.1 Å². The molecule has 2 amide bonds. The Morgan fingerprint density at radius 2 is 1.81 bits per heavy atom. The fourth-order valence-electron chi connectivity index (χ4n) is 4.56. The summed E-state index contributed by atoms with van der Waals surface area (Å²) in [5.74, 6) is 0.268. The lowest BCUT2D eigenvalue weighted by Crippen LogP contribution is -2.49. The molecule has 0 saturated heterocycles. The lowest BCUT2D eigenvalue weighted by atomic mass is 10.1. The second-order valence-electron chi connectivity index (χ2n) is 9.45. The number of carbonyl (C=O) groups excluding carboxylic acids is 2. The van der Waals surface area contributed by atoms with E-state index in [9.17, 15) is 18.0 Å². The Morgan fingerprint density at radius 1 is 1.14 bits per heavy atom. The Morgan fingerprint density at radius 3 is 2.41 bits per heavy atom. The van der Waals surface area contributed by atoms with Crippen molar-refractivity contribution in [2.75, 3.05) is 24.2 Å². The second-order valence-corrected chi connectivity index (χ2v) is 12.3. The van der Waals surface area contributed by atoms with Gasteiger partial charge in [0, 0.05) is 30.0 Å². The fraction of sp³-hybridized carbons (Fsp3) is 0.481. The third kappa shape index (κ3) is 8.46. The summed E-state index contributed by atoms with van der Waals surface area (Å²) < 4.78 is 32.3. The quantitative estimate of drug-likeness (QED) is 0.391. The fourth-order valence-corrected chi connectivity index (χ4v) is 5.97. The van der Waals surface area contributed by atoms with Gasteiger partial charge in [0.25, 0.3) is 0 Å². The molecule has 0 spiro atoms. The Bertz CT molecular complexity index is 1170. The summed E-state index contributed by atoms with van der Waals surface area (Å²) in [5, 5.41) is 3.10. The summed E-state index contributed by atoms with van der Waals surface area (Å²) in [4.78, 5) is 28.0. The predicted molar refractivity (Wildman–Crippen MR) is 149 cm³/mol. The summed E-state index contributed by atoms with van der Waals surface area (Å²) in [6.07, 6.45) is 5.70. The standard InChI is InChI=1S/C27H36BrN3O5S/c1-20(27(33)29-23-10-4-5-11-23)30(19-21-8-6-9-22(28)18-21)26(32)12-7-17-31(37(3,34)35)24-13-15-25(36-2)16-14-24/h6,8-9,13-16,18,20,23H,4-5,7,10-12,17,19H2,1-3H3,(H,29,33). The van der Waals surface area contributed by atoms with Gasteiger partial charge in [0.15, 0.2) is 0 Å². The van der Waals surface area contributed by atoms with Crippen LogP contribution in [-0.2, 0) is 26.2 Å². The number of rotatable bonds is 12. The molecule has 3 rings (SSSR count). The molecule has 0 radical (unpaired) electrons. The minimum Gasteiger partial charge on any atom is -0.497 e. The third-order valence-corrected chi connectivity index (χ3v) is 8.31. The monoisotopic (exact) mass is 593 g/mol. The number of carbonyl (C=O) groups is 2. The Labute approximate surface area is 228 Å². The maximum atomic E-state index is 13.4. The number of sulfonamides is 1. The van der Waals surface area contributed by atoms with Crippen LogP contribution in [0.25, 0.3) is 0 Å². The number of benzene rings is 2. The molecular weight excluding hydrogens is 558 g/mol. The number of amides is 2. The first kappa shape index (κ1) is 29.0. The molecule has 37 heavy (non-hydrogen) atoms. The molecule has 0 aromatic heterocycles. The predicted octanol–water partition coefficient (Wildman–Crippen LogP) is 4.48. The molecule has 10 heteroatoms. The number of nitrogens with zero attached hydrogens (tertiary/aromatic N) is 2. The minimum atomic E-state index is -3.55. The summed E-state index contributed by atoms with van der Waals surface area (Å²) >= 11 is 3.47. The van der Waals surface area contributed by atoms with E-state index in [1.165, 1.54) is 4.31 Å². The smallest absolute Gasteiger partial charge is 0.242 e. The lowest BCUT2D eigenvalue weighted by Gasteiger charge is -2.30. The van der Waals surface area contributed by atoms with Crippen LogP contribution in [0.1, 0.15) is 51.0 Å². The zero-order chi connectivity index (χ0) is 27.0. The van der Waals surface area contributed by atoms with E-state index in [2.05, 4.69) is 21.2 Å². The Balaban J connectivity index is 1.71. The van der Waals surface area contributed by atoms with Gasteiger partial charge in [0.2, 0.25) is 21.8 Å². The number of halogens is 1. The van der Waals surface area contributed by atoms with Crippen LogP contribution in [0.15, 0.2) is 53.0 Å². The molecule has 2 aromatic carbocycles. The van der Waals surface area contributed by atoms with E-state index in [1.807, 2.05) is 24.3 Å². The molecule has 0 heterocycles. The van der Waals surface area contributed by atoms with Gasteiger partial charge in [-0.3, -0.25) is 13.9 Å². The highest BCUT2D eigenvalue weighted by Crippen LogP contribution is 2.23. The van der Waals surface area contributed by atoms with Crippen LogP contribution >= 0.6 is 15.9 Å². The van der Waals surface area contributed by atoms with Crippen LogP contribution in [0.4, 0.5) is 5.69 Å². The first-order chi connectivity index (χ1) is 17.6. The third-order valence-electron chi connectivity index (χ3n) is 6.62. The van der Waals surface area contributed by atoms with Crippen molar-refractivity contribution in [2.45, 2.75) is 64.1 Å². The van der Waals surface area contributed by atoms with Crippen molar-refractivity contribution in [3.05, 3.63) is 58.6 Å². The summed E-state index contributed by atoms with van der Waals surface area (Å²) in [7, 11) is -2.01. The zero-order valence-corrected chi connectivity index (χ0v) is 24.1. The highest BCUT2D eigenvalue weighted by molar-refractivity contribution is 9.10. The highest BCUT2D eigenvalue weighted by atomic mass is 79.9. The van der Waals surface area contributed by atoms with Crippen LogP contribution in [0, 0.1) is 0 Å². The van der Waals surface area contributed by atoms with Gasteiger partial charge in [0.05, 0.1) is 19.1 Å². The molecule has 1 atom stereocenters. The van der Waals surface area contributed by atoms with Gasteiger partial charge in [-0.2, -0.15) is 0 Å². The normalized spacial score (nSPS) is 14.7. The number of hydrogen-bond donors (Lipinski definition) is 1. The number of hydrogen-bond acceptors (Lipinski definition) is 5. The van der Waals surface area contributed by atoms with Crippen LogP contribution in [0.3, 0.4) is 0 Å². The molecule has 1 saturated carbocycles. The number of nitrogens with one attached hydrogen (secondary N) is 1. The van der Waals surface area contributed by atoms with Gasteiger partial charge < -0.3 is 15.0 Å². The van der Waals surface area contributed by atoms with Crippen LogP contribution in [0.2, 0.25) is 0 Å².